The summed E-state index contributed by atoms with van der Waals surface area (Å²) in [5.74, 6) is -1.49. The van der Waals surface area contributed by atoms with E-state index in [1.54, 1.807) is 13.3 Å². The number of imidazole rings is 1. The van der Waals surface area contributed by atoms with Gasteiger partial charge in [0.15, 0.2) is 5.70 Å². The van der Waals surface area contributed by atoms with Crippen molar-refractivity contribution in [2.45, 2.75) is 43.2 Å². The average Bonchev–Trinajstić information content (AvgIpc) is 3.47. The molecule has 3 aliphatic rings. The van der Waals surface area contributed by atoms with Crippen LogP contribution in [-0.4, -0.2) is 47.8 Å². The second-order valence-corrected chi connectivity index (χ2v) is 10.6. The summed E-state index contributed by atoms with van der Waals surface area (Å²) in [5.41, 5.74) is 1.83. The van der Waals surface area contributed by atoms with Crippen molar-refractivity contribution in [3.8, 4) is 0 Å². The molecule has 1 saturated heterocycles. The molecule has 33 heavy (non-hydrogen) atoms. The van der Waals surface area contributed by atoms with Gasteiger partial charge in [-0.1, -0.05) is 11.8 Å². The Bertz CT molecular complexity index is 1160. The highest BCUT2D eigenvalue weighted by atomic mass is 32.2. The summed E-state index contributed by atoms with van der Waals surface area (Å²) >= 11 is 2.93. The van der Waals surface area contributed by atoms with E-state index in [1.165, 1.54) is 52.7 Å². The standard InChI is InChI=1S/C21H20N4O6S2/c1-11(26)16-18(27)24-17(20(28)31-9-12-2-4-13(5-3-12)25(29)30)21(33-19(16)24)32-15-6-7-23-10-22-8-14(15)23/h2-5,8,10-11,15-16,19,26H,6-7,9H2,1H3/t11?,15?,16-,19+/m0/s1. The highest BCUT2D eigenvalue weighted by molar-refractivity contribution is 8.22. The van der Waals surface area contributed by atoms with Crippen LogP contribution in [0.2, 0.25) is 0 Å². The zero-order valence-electron chi connectivity index (χ0n) is 17.5. The molecule has 1 aromatic heterocycles. The summed E-state index contributed by atoms with van der Waals surface area (Å²) in [6.07, 6.45) is 3.67. The number of benzene rings is 1. The first-order chi connectivity index (χ1) is 15.8. The molecule has 10 nitrogen and oxygen atoms in total. The number of aliphatic hydroxyl groups is 1. The first-order valence-corrected chi connectivity index (χ1v) is 12.1. The van der Waals surface area contributed by atoms with Crippen molar-refractivity contribution in [1.29, 1.82) is 0 Å². The predicted octanol–water partition coefficient (Wildman–Crippen LogP) is 2.79. The number of esters is 1. The third-order valence-corrected chi connectivity index (χ3v) is 8.83. The molecule has 0 aliphatic carbocycles. The second-order valence-electron chi connectivity index (χ2n) is 8.03. The molecule has 12 heteroatoms. The van der Waals surface area contributed by atoms with E-state index >= 15 is 0 Å². The van der Waals surface area contributed by atoms with Crippen molar-refractivity contribution in [2.24, 2.45) is 5.92 Å². The molecule has 0 spiro atoms. The Kier molecular flexibility index (Phi) is 5.67. The van der Waals surface area contributed by atoms with Crippen LogP contribution in [0.1, 0.15) is 29.9 Å². The molecule has 1 amide bonds. The number of aromatic nitrogens is 2. The van der Waals surface area contributed by atoms with Gasteiger partial charge >= 0.3 is 5.97 Å². The lowest BCUT2D eigenvalue weighted by molar-refractivity contribution is -0.384. The normalized spacial score (nSPS) is 24.4. The number of non-ortho nitro benzene ring substituents is 1. The maximum atomic E-state index is 13.1. The van der Waals surface area contributed by atoms with Gasteiger partial charge in [-0.2, -0.15) is 0 Å². The number of carbonyl (C=O) groups excluding carboxylic acids is 2. The molecule has 2 aromatic rings. The third-order valence-electron chi connectivity index (χ3n) is 5.93. The van der Waals surface area contributed by atoms with E-state index in [-0.39, 0.29) is 34.5 Å². The molecular weight excluding hydrogens is 468 g/mol. The molecule has 5 rings (SSSR count). The fourth-order valence-electron chi connectivity index (χ4n) is 4.19. The fraction of sp³-hybridized carbons (Fsp3) is 0.381. The predicted molar refractivity (Wildman–Crippen MR) is 120 cm³/mol. The smallest absolute Gasteiger partial charge is 0.357 e. The zero-order valence-corrected chi connectivity index (χ0v) is 19.1. The van der Waals surface area contributed by atoms with Crippen LogP contribution in [-0.2, 0) is 27.5 Å². The van der Waals surface area contributed by atoms with Crippen molar-refractivity contribution >= 4 is 41.1 Å². The number of ether oxygens (including phenoxy) is 1. The van der Waals surface area contributed by atoms with E-state index < -0.39 is 22.9 Å². The summed E-state index contributed by atoms with van der Waals surface area (Å²) in [6, 6.07) is 5.75. The summed E-state index contributed by atoms with van der Waals surface area (Å²) in [6.45, 7) is 2.34. The second kappa shape index (κ2) is 8.50. The molecular formula is C21H20N4O6S2. The van der Waals surface area contributed by atoms with Gasteiger partial charge in [-0.15, -0.1) is 11.8 Å². The van der Waals surface area contributed by atoms with Crippen molar-refractivity contribution in [1.82, 2.24) is 14.5 Å². The van der Waals surface area contributed by atoms with E-state index in [1.807, 2.05) is 6.20 Å². The van der Waals surface area contributed by atoms with Gasteiger partial charge in [0.25, 0.3) is 5.69 Å². The number of carbonyl (C=O) groups is 2. The van der Waals surface area contributed by atoms with Crippen LogP contribution >= 0.6 is 23.5 Å². The largest absolute Gasteiger partial charge is 0.456 e. The van der Waals surface area contributed by atoms with Crippen molar-refractivity contribution in [3.05, 3.63) is 68.1 Å². The number of aryl methyl sites for hydroxylation is 1. The Morgan fingerprint density at radius 3 is 2.88 bits per heavy atom. The van der Waals surface area contributed by atoms with Crippen LogP contribution in [0.15, 0.2) is 46.7 Å². The zero-order chi connectivity index (χ0) is 23.3. The number of fused-ring (bicyclic) bond motifs is 2. The van der Waals surface area contributed by atoms with E-state index in [0.717, 1.165) is 18.7 Å². The monoisotopic (exact) mass is 488 g/mol. The molecule has 0 radical (unpaired) electrons. The third kappa shape index (κ3) is 3.81. The highest BCUT2D eigenvalue weighted by Crippen LogP contribution is 2.57. The SMILES string of the molecule is CC(O)[C@H]1C(=O)N2C(C(=O)OCc3ccc([N+](=O)[O-])cc3)=C(SC3CCn4cncc43)S[C@H]12. The van der Waals surface area contributed by atoms with Gasteiger partial charge in [-0.25, -0.2) is 9.78 Å². The van der Waals surface area contributed by atoms with E-state index in [0.29, 0.717) is 9.80 Å². The molecule has 2 unspecified atom stereocenters. The molecule has 0 bridgehead atoms. The molecule has 1 fully saturated rings. The lowest BCUT2D eigenvalue weighted by atomic mass is 9.92. The van der Waals surface area contributed by atoms with Gasteiger partial charge < -0.3 is 14.4 Å². The van der Waals surface area contributed by atoms with Crippen LogP contribution in [0.5, 0.6) is 0 Å². The topological polar surface area (TPSA) is 128 Å². The minimum Gasteiger partial charge on any atom is -0.456 e. The molecule has 1 aromatic carbocycles. The molecule has 4 atom stereocenters. The van der Waals surface area contributed by atoms with Gasteiger partial charge in [-0.05, 0) is 31.0 Å². The number of nitro groups is 1. The quantitative estimate of drug-likeness (QED) is 0.271. The Morgan fingerprint density at radius 1 is 1.42 bits per heavy atom. The van der Waals surface area contributed by atoms with E-state index in [2.05, 4.69) is 9.55 Å². The molecule has 3 aliphatic heterocycles. The summed E-state index contributed by atoms with van der Waals surface area (Å²) in [4.78, 5) is 41.8. The Hall–Kier alpha value is -2.83. The van der Waals surface area contributed by atoms with Crippen LogP contribution in [0.3, 0.4) is 0 Å². The highest BCUT2D eigenvalue weighted by Gasteiger charge is 2.58. The Morgan fingerprint density at radius 2 is 2.18 bits per heavy atom. The number of amides is 1. The van der Waals surface area contributed by atoms with Crippen LogP contribution in [0.4, 0.5) is 5.69 Å². The van der Waals surface area contributed by atoms with Gasteiger partial charge in [0.2, 0.25) is 5.91 Å². The molecule has 1 N–H and O–H groups in total. The minimum absolute atomic E-state index is 0.0485. The van der Waals surface area contributed by atoms with Crippen LogP contribution in [0, 0.1) is 16.0 Å². The first-order valence-electron chi connectivity index (χ1n) is 10.3. The lowest BCUT2D eigenvalue weighted by Crippen LogP contribution is -2.60. The summed E-state index contributed by atoms with van der Waals surface area (Å²) < 4.78 is 8.26. The number of hydrogen-bond donors (Lipinski definition) is 1. The number of hydrogen-bond acceptors (Lipinski definition) is 9. The molecule has 0 saturated carbocycles. The number of nitro benzene ring substituents is 1. The maximum absolute atomic E-state index is 13.1. The number of aliphatic hydroxyl groups excluding tert-OH is 1. The Labute approximate surface area is 197 Å². The average molecular weight is 489 g/mol. The van der Waals surface area contributed by atoms with Crippen LogP contribution < -0.4 is 0 Å². The number of thioether (sulfide) groups is 2. The van der Waals surface area contributed by atoms with Crippen LogP contribution in [0.25, 0.3) is 0 Å². The summed E-state index contributed by atoms with van der Waals surface area (Å²) in [5, 5.41) is 20.6. The lowest BCUT2D eigenvalue weighted by Gasteiger charge is -2.43. The number of rotatable bonds is 7. The maximum Gasteiger partial charge on any atom is 0.357 e. The first kappa shape index (κ1) is 22.0. The minimum atomic E-state index is -0.819. The molecule has 4 heterocycles. The fourth-order valence-corrected chi connectivity index (χ4v) is 7.47. The van der Waals surface area contributed by atoms with Gasteiger partial charge in [-0.3, -0.25) is 19.8 Å². The molecule has 172 valence electrons. The number of β-lactam (4-membered cyclic amide) rings is 1. The van der Waals surface area contributed by atoms with Gasteiger partial charge in [0.1, 0.15) is 12.0 Å². The van der Waals surface area contributed by atoms with E-state index in [9.17, 15) is 24.8 Å². The number of nitrogens with zero attached hydrogens (tertiary/aromatic N) is 4. The summed E-state index contributed by atoms with van der Waals surface area (Å²) in [7, 11) is 0. The Balaban J connectivity index is 1.36. The van der Waals surface area contributed by atoms with E-state index in [4.69, 9.17) is 4.74 Å². The van der Waals surface area contributed by atoms with Crippen molar-refractivity contribution < 1.29 is 24.4 Å². The van der Waals surface area contributed by atoms with Gasteiger partial charge in [0, 0.05) is 24.9 Å². The van der Waals surface area contributed by atoms with Gasteiger partial charge in [0.05, 0.1) is 38.5 Å². The van der Waals surface area contributed by atoms with Crippen molar-refractivity contribution in [2.75, 3.05) is 0 Å². The van der Waals surface area contributed by atoms with Crippen molar-refractivity contribution in [3.63, 3.8) is 0 Å².